The van der Waals surface area contributed by atoms with Gasteiger partial charge in [-0.05, 0) is 60.2 Å². The van der Waals surface area contributed by atoms with Gasteiger partial charge in [0.05, 0.1) is 6.61 Å². The number of aliphatic hydroxyl groups is 1. The van der Waals surface area contributed by atoms with Crippen molar-refractivity contribution in [3.05, 3.63) is 138 Å². The standard InChI is InChI=1S/C36H39N3O4/c40-25-12-26-42-32-22-20-31(21-23-32)34-38-36(27-29-16-6-2-7-17-29,33(43-34)30-18-8-3-9-19-30)35(41)39-37-24-11-10-15-28-13-4-1-5-14-28/h1-9,13-14,16-23,33,37,40H,10-12,15,24-27H2,(H,39,41)/t33-,36-/m0/s1. The summed E-state index contributed by atoms with van der Waals surface area (Å²) in [5, 5.41) is 9.04. The highest BCUT2D eigenvalue weighted by atomic mass is 16.5. The Morgan fingerprint density at radius 3 is 2.14 bits per heavy atom. The van der Waals surface area contributed by atoms with Gasteiger partial charge in [-0.2, -0.15) is 0 Å². The molecule has 0 saturated carbocycles. The Hall–Kier alpha value is -4.46. The lowest BCUT2D eigenvalue weighted by Gasteiger charge is -2.30. The van der Waals surface area contributed by atoms with Crippen LogP contribution in [0.1, 0.15) is 47.6 Å². The maximum Gasteiger partial charge on any atom is 0.266 e. The van der Waals surface area contributed by atoms with E-state index in [-0.39, 0.29) is 12.5 Å². The van der Waals surface area contributed by atoms with Crippen LogP contribution in [0.4, 0.5) is 0 Å². The summed E-state index contributed by atoms with van der Waals surface area (Å²) in [6.07, 6.45) is 3.22. The van der Waals surface area contributed by atoms with E-state index < -0.39 is 11.6 Å². The predicted octanol–water partition coefficient (Wildman–Crippen LogP) is 5.59. The minimum absolute atomic E-state index is 0.0811. The first kappa shape index (κ1) is 30.0. The molecule has 4 aromatic carbocycles. The van der Waals surface area contributed by atoms with E-state index in [0.717, 1.165) is 36.0 Å². The van der Waals surface area contributed by atoms with Crippen LogP contribution in [0, 0.1) is 0 Å². The number of hydrogen-bond donors (Lipinski definition) is 3. The quantitative estimate of drug-likeness (QED) is 0.127. The van der Waals surface area contributed by atoms with Crippen LogP contribution >= 0.6 is 0 Å². The number of amides is 1. The second kappa shape index (κ2) is 15.1. The summed E-state index contributed by atoms with van der Waals surface area (Å²) < 4.78 is 12.3. The normalized spacial score (nSPS) is 17.6. The Morgan fingerprint density at radius 2 is 1.47 bits per heavy atom. The highest BCUT2D eigenvalue weighted by molar-refractivity contribution is 6.01. The van der Waals surface area contributed by atoms with Gasteiger partial charge in [0.15, 0.2) is 11.6 Å². The zero-order valence-corrected chi connectivity index (χ0v) is 24.3. The number of unbranched alkanes of at least 4 members (excludes halogenated alkanes) is 1. The van der Waals surface area contributed by atoms with Crippen molar-refractivity contribution in [2.24, 2.45) is 4.99 Å². The van der Waals surface area contributed by atoms with Gasteiger partial charge in [0.2, 0.25) is 5.90 Å². The third-order valence-corrected chi connectivity index (χ3v) is 7.51. The number of nitrogens with zero attached hydrogens (tertiary/aromatic N) is 1. The summed E-state index contributed by atoms with van der Waals surface area (Å²) >= 11 is 0. The molecule has 1 amide bonds. The molecule has 43 heavy (non-hydrogen) atoms. The van der Waals surface area contributed by atoms with Crippen molar-refractivity contribution in [2.75, 3.05) is 19.8 Å². The van der Waals surface area contributed by atoms with Crippen molar-refractivity contribution in [1.29, 1.82) is 0 Å². The number of aryl methyl sites for hydroxylation is 1. The number of carbonyl (C=O) groups is 1. The number of ether oxygens (including phenoxy) is 2. The molecule has 1 aliphatic heterocycles. The Morgan fingerprint density at radius 1 is 0.814 bits per heavy atom. The van der Waals surface area contributed by atoms with Gasteiger partial charge in [-0.25, -0.2) is 10.4 Å². The van der Waals surface area contributed by atoms with Gasteiger partial charge in [-0.3, -0.25) is 10.2 Å². The van der Waals surface area contributed by atoms with E-state index in [1.807, 2.05) is 91.0 Å². The highest BCUT2D eigenvalue weighted by Crippen LogP contribution is 2.42. The van der Waals surface area contributed by atoms with Crippen molar-refractivity contribution < 1.29 is 19.4 Å². The van der Waals surface area contributed by atoms with E-state index in [1.165, 1.54) is 5.56 Å². The highest BCUT2D eigenvalue weighted by Gasteiger charge is 2.53. The second-order valence-electron chi connectivity index (χ2n) is 10.7. The third kappa shape index (κ3) is 7.89. The van der Waals surface area contributed by atoms with E-state index in [4.69, 9.17) is 19.6 Å². The molecule has 7 heteroatoms. The van der Waals surface area contributed by atoms with Crippen LogP contribution in [0.5, 0.6) is 5.75 Å². The van der Waals surface area contributed by atoms with Crippen LogP contribution in [0.2, 0.25) is 0 Å². The molecular formula is C36H39N3O4. The molecule has 0 radical (unpaired) electrons. The number of benzene rings is 4. The number of hydrazine groups is 1. The smallest absolute Gasteiger partial charge is 0.266 e. The molecule has 0 aromatic heterocycles. The average molecular weight is 578 g/mol. The van der Waals surface area contributed by atoms with Crippen molar-refractivity contribution in [1.82, 2.24) is 10.9 Å². The van der Waals surface area contributed by atoms with Crippen LogP contribution in [-0.2, 0) is 22.4 Å². The van der Waals surface area contributed by atoms with Crippen LogP contribution in [0.15, 0.2) is 120 Å². The molecule has 222 valence electrons. The molecule has 0 unspecified atom stereocenters. The Kier molecular flexibility index (Phi) is 10.6. The molecule has 0 fully saturated rings. The van der Waals surface area contributed by atoms with E-state index in [2.05, 4.69) is 35.1 Å². The summed E-state index contributed by atoms with van der Waals surface area (Å²) in [6.45, 7) is 1.16. The van der Waals surface area contributed by atoms with Gasteiger partial charge >= 0.3 is 0 Å². The first-order valence-electron chi connectivity index (χ1n) is 14.9. The Balaban J connectivity index is 1.37. The molecule has 0 spiro atoms. The summed E-state index contributed by atoms with van der Waals surface area (Å²) in [4.78, 5) is 19.3. The maximum absolute atomic E-state index is 14.2. The molecule has 1 heterocycles. The number of carbonyl (C=O) groups excluding carboxylic acids is 1. The number of aliphatic hydroxyl groups excluding tert-OH is 1. The number of aliphatic imine (C=N–C) groups is 1. The average Bonchev–Trinajstić information content (AvgIpc) is 3.45. The molecule has 4 aromatic rings. The summed E-state index contributed by atoms with van der Waals surface area (Å²) in [5.41, 5.74) is 8.82. The fourth-order valence-corrected chi connectivity index (χ4v) is 5.26. The zero-order chi connectivity index (χ0) is 29.7. The largest absolute Gasteiger partial charge is 0.494 e. The van der Waals surface area contributed by atoms with Crippen molar-refractivity contribution in [3.63, 3.8) is 0 Å². The van der Waals surface area contributed by atoms with Gasteiger partial charge in [0, 0.05) is 31.6 Å². The van der Waals surface area contributed by atoms with Crippen molar-refractivity contribution >= 4 is 11.8 Å². The van der Waals surface area contributed by atoms with E-state index in [1.54, 1.807) is 0 Å². The first-order chi connectivity index (χ1) is 21.2. The van der Waals surface area contributed by atoms with Gasteiger partial charge in [0.1, 0.15) is 5.75 Å². The van der Waals surface area contributed by atoms with Crippen LogP contribution in [-0.4, -0.2) is 42.2 Å². The van der Waals surface area contributed by atoms with Crippen molar-refractivity contribution in [3.8, 4) is 5.75 Å². The lowest BCUT2D eigenvalue weighted by molar-refractivity contribution is -0.130. The molecule has 1 aliphatic rings. The van der Waals surface area contributed by atoms with Crippen LogP contribution in [0.25, 0.3) is 0 Å². The lowest BCUT2D eigenvalue weighted by atomic mass is 9.82. The Bertz CT molecular complexity index is 1450. The van der Waals surface area contributed by atoms with E-state index in [9.17, 15) is 4.79 Å². The van der Waals surface area contributed by atoms with Crippen LogP contribution in [0.3, 0.4) is 0 Å². The third-order valence-electron chi connectivity index (χ3n) is 7.51. The molecule has 0 bridgehead atoms. The number of rotatable bonds is 15. The van der Waals surface area contributed by atoms with Gasteiger partial charge < -0.3 is 14.6 Å². The fourth-order valence-electron chi connectivity index (χ4n) is 5.26. The molecule has 5 rings (SSSR count). The zero-order valence-electron chi connectivity index (χ0n) is 24.3. The predicted molar refractivity (Wildman–Crippen MR) is 169 cm³/mol. The van der Waals surface area contributed by atoms with Gasteiger partial charge in [0.25, 0.3) is 5.91 Å². The Labute approximate surface area is 253 Å². The summed E-state index contributed by atoms with van der Waals surface area (Å²) in [7, 11) is 0. The lowest BCUT2D eigenvalue weighted by Crippen LogP contribution is -2.54. The SMILES string of the molecule is O=C(NNCCCCc1ccccc1)[C@@]1(Cc2ccccc2)N=C(c2ccc(OCCCO)cc2)O[C@H]1c1ccccc1. The monoisotopic (exact) mass is 577 g/mol. The molecule has 7 nitrogen and oxygen atoms in total. The van der Waals surface area contributed by atoms with Crippen molar-refractivity contribution in [2.45, 2.75) is 43.7 Å². The first-order valence-corrected chi connectivity index (χ1v) is 14.9. The molecule has 0 saturated heterocycles. The van der Waals surface area contributed by atoms with Gasteiger partial charge in [-0.15, -0.1) is 0 Å². The van der Waals surface area contributed by atoms with Gasteiger partial charge in [-0.1, -0.05) is 91.0 Å². The minimum Gasteiger partial charge on any atom is -0.494 e. The van der Waals surface area contributed by atoms with Crippen LogP contribution < -0.4 is 15.6 Å². The molecule has 0 aliphatic carbocycles. The molecule has 3 N–H and O–H groups in total. The maximum atomic E-state index is 14.2. The topological polar surface area (TPSA) is 92.2 Å². The summed E-state index contributed by atoms with van der Waals surface area (Å²) in [5.74, 6) is 0.858. The number of hydrogen-bond acceptors (Lipinski definition) is 6. The van der Waals surface area contributed by atoms with E-state index >= 15 is 0 Å². The molecule has 2 atom stereocenters. The number of nitrogens with one attached hydrogen (secondary N) is 2. The minimum atomic E-state index is -1.24. The van der Waals surface area contributed by atoms with E-state index in [0.29, 0.717) is 37.6 Å². The second-order valence-corrected chi connectivity index (χ2v) is 10.7. The fraction of sp³-hybridized carbons (Fsp3) is 0.278. The molecular weight excluding hydrogens is 538 g/mol. The summed E-state index contributed by atoms with van der Waals surface area (Å²) in [6, 6.07) is 37.6.